The first-order valence-electron chi connectivity index (χ1n) is 12.5. The summed E-state index contributed by atoms with van der Waals surface area (Å²) in [6.07, 6.45) is 0. The normalized spacial score (nSPS) is 22.5. The Morgan fingerprint density at radius 3 is 1.18 bits per heavy atom. The van der Waals surface area contributed by atoms with Crippen molar-refractivity contribution >= 4 is 25.4 Å². The standard InChI is InChI=1S/C18H42FN2Si3.C6H16N2.Li/c1-15(2,3)22(13,14)21-23(16(4,5)6,17(7,8)9)20-24(21,19)18(10,11)12;1-7(2)5-6-8(3)4;/h1-14H3;5-6H2,1-4H3;/q-1;;+1/p+2. The van der Waals surface area contributed by atoms with Crippen LogP contribution in [0.5, 0.6) is 0 Å². The van der Waals surface area contributed by atoms with Gasteiger partial charge >= 0.3 is 18.9 Å². The molecular formula is C24H60FLiN4Si3+2. The van der Waals surface area contributed by atoms with Gasteiger partial charge in [-0.05, 0) is 20.2 Å². The smallest absolute Gasteiger partial charge is 0.615 e. The van der Waals surface area contributed by atoms with Crippen LogP contribution in [-0.4, -0.2) is 70.5 Å². The maximum Gasteiger partial charge on any atom is 1.00 e. The molecule has 0 aliphatic carbocycles. The van der Waals surface area contributed by atoms with Crippen LogP contribution in [0.3, 0.4) is 0 Å². The third kappa shape index (κ3) is 7.29. The molecule has 1 fully saturated rings. The van der Waals surface area contributed by atoms with Crippen LogP contribution >= 0.6 is 0 Å². The van der Waals surface area contributed by atoms with Crippen molar-refractivity contribution in [3.8, 4) is 0 Å². The molecule has 0 bridgehead atoms. The van der Waals surface area contributed by atoms with Gasteiger partial charge in [0.05, 0.1) is 28.2 Å². The Hall–Kier alpha value is 1.02. The minimum absolute atomic E-state index is 0. The molecule has 9 heteroatoms. The molecule has 4 nitrogen and oxygen atoms in total. The zero-order chi connectivity index (χ0) is 26.4. The quantitative estimate of drug-likeness (QED) is 0.434. The van der Waals surface area contributed by atoms with Crippen LogP contribution < -0.4 is 28.7 Å². The number of hydrogen-bond donors (Lipinski definition) is 2. The summed E-state index contributed by atoms with van der Waals surface area (Å²) in [5.74, 6) is 0. The van der Waals surface area contributed by atoms with Crippen molar-refractivity contribution in [2.45, 2.75) is 116 Å². The van der Waals surface area contributed by atoms with Crippen molar-refractivity contribution in [1.82, 2.24) is 3.90 Å². The Bertz CT molecular complexity index is 574. The molecule has 1 unspecified atom stereocenters. The third-order valence-electron chi connectivity index (χ3n) is 7.50. The molecule has 194 valence electrons. The fraction of sp³-hybridized carbons (Fsp3) is 1.00. The molecule has 2 N–H and O–H groups in total. The molecule has 0 radical (unpaired) electrons. The van der Waals surface area contributed by atoms with Gasteiger partial charge in [-0.25, -0.2) is 0 Å². The largest absolute Gasteiger partial charge is 1.00 e. The van der Waals surface area contributed by atoms with Crippen molar-refractivity contribution in [3.05, 3.63) is 4.65 Å². The maximum absolute atomic E-state index is 16.6. The van der Waals surface area contributed by atoms with Crippen molar-refractivity contribution < 1.29 is 32.8 Å². The number of likely N-dealkylation sites (N-methyl/N-ethyl adjacent to an activating group) is 2. The molecular weight excluding hydrogens is 454 g/mol. The Kier molecular flexibility index (Phi) is 12.3. The Morgan fingerprint density at radius 1 is 0.697 bits per heavy atom. The minimum Gasteiger partial charge on any atom is -0.615 e. The summed E-state index contributed by atoms with van der Waals surface area (Å²) < 4.78 is 24.4. The van der Waals surface area contributed by atoms with E-state index in [-0.39, 0.29) is 39.0 Å². The fourth-order valence-electron chi connectivity index (χ4n) is 4.73. The van der Waals surface area contributed by atoms with Crippen molar-refractivity contribution in [1.29, 1.82) is 0 Å². The fourth-order valence-corrected chi connectivity index (χ4v) is 32.7. The summed E-state index contributed by atoms with van der Waals surface area (Å²) in [7, 11) is 0.995. The van der Waals surface area contributed by atoms with Crippen molar-refractivity contribution in [3.63, 3.8) is 0 Å². The van der Waals surface area contributed by atoms with Crippen molar-refractivity contribution in [2.75, 3.05) is 41.3 Å². The summed E-state index contributed by atoms with van der Waals surface area (Å²) in [4.78, 5) is 3.07. The summed E-state index contributed by atoms with van der Waals surface area (Å²) in [5, 5.41) is -0.216. The van der Waals surface area contributed by atoms with Gasteiger partial charge in [0.1, 0.15) is 21.3 Å². The minimum atomic E-state index is -3.35. The second kappa shape index (κ2) is 11.2. The van der Waals surface area contributed by atoms with E-state index in [0.717, 1.165) is 0 Å². The van der Waals surface area contributed by atoms with Gasteiger partial charge < -0.3 is 22.5 Å². The van der Waals surface area contributed by atoms with Gasteiger partial charge in [-0.15, -0.1) is 0 Å². The monoisotopic (exact) mass is 514 g/mol. The molecule has 0 spiro atoms. The molecule has 0 aromatic rings. The number of quaternary nitrogens is 2. The second-order valence-corrected chi connectivity index (χ2v) is 30.4. The number of nitrogens with zero attached hydrogens (tertiary/aromatic N) is 2. The van der Waals surface area contributed by atoms with Crippen LogP contribution in [0, 0.1) is 0 Å². The maximum atomic E-state index is 16.6. The zero-order valence-corrected chi connectivity index (χ0v) is 29.2. The summed E-state index contributed by atoms with van der Waals surface area (Å²) in [5.41, 5.74) is 0. The number of rotatable bonds is 4. The second-order valence-electron chi connectivity index (χ2n) is 15.2. The Morgan fingerprint density at radius 2 is 1.00 bits per heavy atom. The first-order chi connectivity index (χ1) is 13.7. The molecule has 33 heavy (non-hydrogen) atoms. The third-order valence-corrected chi connectivity index (χ3v) is 29.2. The first kappa shape index (κ1) is 36.2. The van der Waals surface area contributed by atoms with Gasteiger partial charge in [-0.1, -0.05) is 96.2 Å². The van der Waals surface area contributed by atoms with Crippen LogP contribution in [0.1, 0.15) is 83.1 Å². The molecule has 0 aromatic heterocycles. The van der Waals surface area contributed by atoms with Crippen LogP contribution in [0.25, 0.3) is 4.65 Å². The number of nitrogens with one attached hydrogen (secondary N) is 2. The predicted molar refractivity (Wildman–Crippen MR) is 150 cm³/mol. The van der Waals surface area contributed by atoms with Gasteiger partial charge in [0, 0.05) is 8.40 Å². The van der Waals surface area contributed by atoms with E-state index in [2.05, 4.69) is 128 Å². The summed E-state index contributed by atoms with van der Waals surface area (Å²) in [6.45, 7) is 34.2. The van der Waals surface area contributed by atoms with Gasteiger partial charge in [-0.2, -0.15) is 0 Å². The Labute approximate surface area is 223 Å². The van der Waals surface area contributed by atoms with Crippen LogP contribution in [-0.2, 0) is 0 Å². The number of hydrogen-bond acceptors (Lipinski definition) is 1. The average molecular weight is 515 g/mol. The summed E-state index contributed by atoms with van der Waals surface area (Å²) >= 11 is 0. The molecule has 1 aliphatic heterocycles. The van der Waals surface area contributed by atoms with Gasteiger partial charge in [-0.3, -0.25) is 0 Å². The predicted octanol–water partition coefficient (Wildman–Crippen LogP) is 1.71. The molecule has 1 heterocycles. The van der Waals surface area contributed by atoms with E-state index in [4.69, 9.17) is 4.65 Å². The first-order valence-corrected chi connectivity index (χ1v) is 19.1. The van der Waals surface area contributed by atoms with Crippen LogP contribution in [0.15, 0.2) is 0 Å². The van der Waals surface area contributed by atoms with Crippen molar-refractivity contribution in [2.24, 2.45) is 0 Å². The molecule has 0 aromatic carbocycles. The van der Waals surface area contributed by atoms with E-state index in [1.807, 2.05) is 0 Å². The van der Waals surface area contributed by atoms with E-state index in [1.54, 1.807) is 0 Å². The van der Waals surface area contributed by atoms with E-state index >= 15 is 4.11 Å². The number of halogens is 1. The van der Waals surface area contributed by atoms with Gasteiger partial charge in [0.15, 0.2) is 0 Å². The molecule has 1 atom stereocenters. The van der Waals surface area contributed by atoms with Gasteiger partial charge in [0.2, 0.25) is 8.73 Å². The van der Waals surface area contributed by atoms with Crippen LogP contribution in [0.2, 0.25) is 33.2 Å². The molecule has 1 saturated heterocycles. The van der Waals surface area contributed by atoms with E-state index in [9.17, 15) is 0 Å². The van der Waals surface area contributed by atoms with Gasteiger partial charge in [0.25, 0.3) is 0 Å². The van der Waals surface area contributed by atoms with Crippen LogP contribution in [0.4, 0.5) is 4.11 Å². The molecule has 0 amide bonds. The average Bonchev–Trinajstić information content (AvgIpc) is 2.45. The topological polar surface area (TPSA) is 26.2 Å². The van der Waals surface area contributed by atoms with E-state index < -0.39 is 25.4 Å². The zero-order valence-electron chi connectivity index (χ0n) is 26.2. The SMILES string of the molecule is CC(C)(C)[Si](C)(C)N1[Si](F)(C(C)(C)C)[N-][Si]1(C(C)(C)C)C(C)(C)C.C[NH+](C)CC[NH+](C)C.[Li+]. The summed E-state index contributed by atoms with van der Waals surface area (Å²) in [6, 6.07) is 0. The van der Waals surface area contributed by atoms with E-state index in [1.165, 1.54) is 22.9 Å². The Balaban J connectivity index is 0. The molecule has 1 aliphatic rings. The molecule has 1 rings (SSSR count). The molecule has 0 saturated carbocycles. The van der Waals surface area contributed by atoms with E-state index in [0.29, 0.717) is 0 Å².